The molecule has 0 aromatic heterocycles. The summed E-state index contributed by atoms with van der Waals surface area (Å²) in [5.74, 6) is 0.874. The summed E-state index contributed by atoms with van der Waals surface area (Å²) < 4.78 is 5.62. The van der Waals surface area contributed by atoms with E-state index in [0.29, 0.717) is 6.04 Å². The minimum atomic E-state index is 0.560. The van der Waals surface area contributed by atoms with Crippen molar-refractivity contribution in [2.45, 2.75) is 45.6 Å². The van der Waals surface area contributed by atoms with Crippen molar-refractivity contribution in [3.63, 3.8) is 0 Å². The number of hydrogen-bond acceptors (Lipinski definition) is 2. The number of ether oxygens (including phenoxy) is 1. The lowest BCUT2D eigenvalue weighted by Gasteiger charge is -2.14. The molecule has 1 aromatic rings. The predicted molar refractivity (Wildman–Crippen MR) is 80.5 cm³/mol. The molecular formula is C17H27NO. The van der Waals surface area contributed by atoms with Crippen LogP contribution in [0.2, 0.25) is 0 Å². The molecule has 0 aliphatic heterocycles. The van der Waals surface area contributed by atoms with Crippen LogP contribution in [0.3, 0.4) is 0 Å². The van der Waals surface area contributed by atoms with E-state index in [2.05, 4.69) is 43.4 Å². The smallest absolute Gasteiger partial charge is 0.0591 e. The Hall–Kier alpha value is -0.860. The van der Waals surface area contributed by atoms with Gasteiger partial charge in [0, 0.05) is 19.2 Å². The summed E-state index contributed by atoms with van der Waals surface area (Å²) in [6.45, 7) is 7.21. The molecule has 1 aliphatic rings. The molecule has 1 atom stereocenters. The monoisotopic (exact) mass is 261 g/mol. The largest absolute Gasteiger partial charge is 0.380 e. The second kappa shape index (κ2) is 7.66. The average Bonchev–Trinajstić information content (AvgIpc) is 3.20. The first-order valence-corrected chi connectivity index (χ1v) is 7.60. The van der Waals surface area contributed by atoms with Gasteiger partial charge in [0.05, 0.1) is 6.61 Å². The molecule has 0 bridgehead atoms. The SMILES string of the molecule is Cc1cccc(CCC(C)NCCOCC2CC2)c1. The van der Waals surface area contributed by atoms with Crippen LogP contribution < -0.4 is 5.32 Å². The highest BCUT2D eigenvalue weighted by Gasteiger charge is 2.20. The highest BCUT2D eigenvalue weighted by atomic mass is 16.5. The minimum Gasteiger partial charge on any atom is -0.380 e. The maximum absolute atomic E-state index is 5.62. The van der Waals surface area contributed by atoms with E-state index in [0.717, 1.165) is 32.1 Å². The average molecular weight is 261 g/mol. The zero-order chi connectivity index (χ0) is 13.5. The van der Waals surface area contributed by atoms with Gasteiger partial charge >= 0.3 is 0 Å². The van der Waals surface area contributed by atoms with Gasteiger partial charge in [0.1, 0.15) is 0 Å². The normalized spacial score (nSPS) is 16.5. The summed E-state index contributed by atoms with van der Waals surface area (Å²) in [6.07, 6.45) is 5.09. The fourth-order valence-electron chi connectivity index (χ4n) is 2.26. The first-order chi connectivity index (χ1) is 9.24. The third kappa shape index (κ3) is 6.22. The molecule has 106 valence electrons. The molecule has 0 radical (unpaired) electrons. The van der Waals surface area contributed by atoms with E-state index in [4.69, 9.17) is 4.74 Å². The molecule has 0 saturated heterocycles. The number of hydrogen-bond donors (Lipinski definition) is 1. The highest BCUT2D eigenvalue weighted by Crippen LogP contribution is 2.28. The van der Waals surface area contributed by atoms with Gasteiger partial charge in [-0.15, -0.1) is 0 Å². The van der Waals surface area contributed by atoms with E-state index in [9.17, 15) is 0 Å². The minimum absolute atomic E-state index is 0.560. The third-order valence-corrected chi connectivity index (χ3v) is 3.74. The number of aryl methyl sites for hydroxylation is 2. The molecule has 0 amide bonds. The van der Waals surface area contributed by atoms with Crippen LogP contribution in [-0.4, -0.2) is 25.8 Å². The highest BCUT2D eigenvalue weighted by molar-refractivity contribution is 5.22. The fraction of sp³-hybridized carbons (Fsp3) is 0.647. The Morgan fingerprint density at radius 2 is 2.21 bits per heavy atom. The second-order valence-electron chi connectivity index (χ2n) is 5.90. The topological polar surface area (TPSA) is 21.3 Å². The Morgan fingerprint density at radius 3 is 2.95 bits per heavy atom. The number of benzene rings is 1. The maximum atomic E-state index is 5.62. The molecule has 0 heterocycles. The Bertz CT molecular complexity index is 373. The zero-order valence-electron chi connectivity index (χ0n) is 12.3. The van der Waals surface area contributed by atoms with Crippen LogP contribution in [0.5, 0.6) is 0 Å². The van der Waals surface area contributed by atoms with E-state index in [1.54, 1.807) is 0 Å². The standard InChI is InChI=1S/C17H27NO/c1-14-4-3-5-16(12-14)7-6-15(2)18-10-11-19-13-17-8-9-17/h3-5,12,15,17-18H,6-11,13H2,1-2H3. The Morgan fingerprint density at radius 1 is 1.37 bits per heavy atom. The van der Waals surface area contributed by atoms with Gasteiger partial charge < -0.3 is 10.1 Å². The molecule has 1 N–H and O–H groups in total. The molecule has 2 nitrogen and oxygen atoms in total. The van der Waals surface area contributed by atoms with Crippen LogP contribution in [-0.2, 0) is 11.2 Å². The quantitative estimate of drug-likeness (QED) is 0.688. The molecular weight excluding hydrogens is 234 g/mol. The van der Waals surface area contributed by atoms with Crippen molar-refractivity contribution in [2.24, 2.45) is 5.92 Å². The van der Waals surface area contributed by atoms with Crippen molar-refractivity contribution < 1.29 is 4.74 Å². The van der Waals surface area contributed by atoms with Crippen molar-refractivity contribution in [1.82, 2.24) is 5.32 Å². The van der Waals surface area contributed by atoms with Crippen molar-refractivity contribution in [3.8, 4) is 0 Å². The molecule has 1 unspecified atom stereocenters. The fourth-order valence-corrected chi connectivity index (χ4v) is 2.26. The van der Waals surface area contributed by atoms with Crippen LogP contribution in [0, 0.1) is 12.8 Å². The van der Waals surface area contributed by atoms with Crippen molar-refractivity contribution in [2.75, 3.05) is 19.8 Å². The first-order valence-electron chi connectivity index (χ1n) is 7.60. The number of nitrogens with one attached hydrogen (secondary N) is 1. The summed E-state index contributed by atoms with van der Waals surface area (Å²) in [5, 5.41) is 3.54. The number of rotatable bonds is 9. The molecule has 2 heteroatoms. The lowest BCUT2D eigenvalue weighted by atomic mass is 10.0. The van der Waals surface area contributed by atoms with Gasteiger partial charge in [-0.2, -0.15) is 0 Å². The van der Waals surface area contributed by atoms with E-state index < -0.39 is 0 Å². The Labute approximate surface area is 117 Å². The van der Waals surface area contributed by atoms with Gasteiger partial charge in [-0.1, -0.05) is 29.8 Å². The molecule has 2 rings (SSSR count). The summed E-state index contributed by atoms with van der Waals surface area (Å²) in [4.78, 5) is 0. The van der Waals surface area contributed by atoms with Crippen LogP contribution >= 0.6 is 0 Å². The lowest BCUT2D eigenvalue weighted by molar-refractivity contribution is 0.124. The molecule has 0 spiro atoms. The van der Waals surface area contributed by atoms with Crippen molar-refractivity contribution in [3.05, 3.63) is 35.4 Å². The summed E-state index contributed by atoms with van der Waals surface area (Å²) in [6, 6.07) is 9.37. The second-order valence-corrected chi connectivity index (χ2v) is 5.90. The van der Waals surface area contributed by atoms with Gasteiger partial charge in [0.15, 0.2) is 0 Å². The zero-order valence-corrected chi connectivity index (χ0v) is 12.3. The van der Waals surface area contributed by atoms with E-state index in [-0.39, 0.29) is 0 Å². The van der Waals surface area contributed by atoms with E-state index in [1.165, 1.54) is 30.4 Å². The molecule has 19 heavy (non-hydrogen) atoms. The van der Waals surface area contributed by atoms with E-state index >= 15 is 0 Å². The summed E-state index contributed by atoms with van der Waals surface area (Å²) in [7, 11) is 0. The van der Waals surface area contributed by atoms with Gasteiger partial charge in [0.2, 0.25) is 0 Å². The van der Waals surface area contributed by atoms with E-state index in [1.807, 2.05) is 0 Å². The van der Waals surface area contributed by atoms with Gasteiger partial charge in [-0.05, 0) is 51.0 Å². The lowest BCUT2D eigenvalue weighted by Crippen LogP contribution is -2.30. The maximum Gasteiger partial charge on any atom is 0.0591 e. The van der Waals surface area contributed by atoms with Crippen LogP contribution in [0.1, 0.15) is 37.3 Å². The first kappa shape index (κ1) is 14.5. The summed E-state index contributed by atoms with van der Waals surface area (Å²) >= 11 is 0. The Balaban J connectivity index is 1.52. The Kier molecular flexibility index (Phi) is 5.87. The predicted octanol–water partition coefficient (Wildman–Crippen LogP) is 3.33. The van der Waals surface area contributed by atoms with Gasteiger partial charge in [0.25, 0.3) is 0 Å². The molecule has 1 fully saturated rings. The van der Waals surface area contributed by atoms with Crippen LogP contribution in [0.15, 0.2) is 24.3 Å². The molecule has 1 aromatic carbocycles. The molecule has 1 aliphatic carbocycles. The van der Waals surface area contributed by atoms with Crippen molar-refractivity contribution in [1.29, 1.82) is 0 Å². The molecule has 1 saturated carbocycles. The third-order valence-electron chi connectivity index (χ3n) is 3.74. The van der Waals surface area contributed by atoms with Crippen LogP contribution in [0.4, 0.5) is 0 Å². The van der Waals surface area contributed by atoms with Crippen LogP contribution in [0.25, 0.3) is 0 Å². The van der Waals surface area contributed by atoms with Gasteiger partial charge in [-0.3, -0.25) is 0 Å². The van der Waals surface area contributed by atoms with Gasteiger partial charge in [-0.25, -0.2) is 0 Å². The summed E-state index contributed by atoms with van der Waals surface area (Å²) in [5.41, 5.74) is 2.80. The van der Waals surface area contributed by atoms with Crippen molar-refractivity contribution >= 4 is 0 Å².